The number of rotatable bonds is 25. The van der Waals surface area contributed by atoms with Gasteiger partial charge in [-0.25, -0.2) is 4.98 Å². The molecule has 0 radical (unpaired) electrons. The number of carbonyl (C=O) groups excluding carboxylic acids is 15. The lowest BCUT2D eigenvalue weighted by Crippen LogP contribution is -2.62. The third kappa shape index (κ3) is 25.3. The van der Waals surface area contributed by atoms with E-state index < -0.39 is 206 Å². The summed E-state index contributed by atoms with van der Waals surface area (Å²) in [6.07, 6.45) is 3.04. The number of nitrogens with zero attached hydrogens (tertiary/aromatic N) is 2. The zero-order chi connectivity index (χ0) is 66.5. The number of primary amides is 3. The quantitative estimate of drug-likeness (QED) is 0.0405. The first kappa shape index (κ1) is 74.8. The molecule has 33 nitrogen and oxygen atoms in total. The van der Waals surface area contributed by atoms with Gasteiger partial charge in [0.25, 0.3) is 0 Å². The summed E-state index contributed by atoms with van der Waals surface area (Å²) >= 11 is 1.35. The van der Waals surface area contributed by atoms with E-state index in [0.29, 0.717) is 37.1 Å². The second kappa shape index (κ2) is 38.1. The van der Waals surface area contributed by atoms with Crippen LogP contribution in [0.15, 0.2) is 12.5 Å². The molecule has 0 bridgehead atoms. The maximum absolute atomic E-state index is 14.8. The van der Waals surface area contributed by atoms with Crippen molar-refractivity contribution in [3.63, 3.8) is 0 Å². The van der Waals surface area contributed by atoms with E-state index in [2.05, 4.69) is 68.5 Å². The van der Waals surface area contributed by atoms with Gasteiger partial charge in [-0.1, -0.05) is 40.5 Å². The fourth-order valence-corrected chi connectivity index (χ4v) is 10.1. The zero-order valence-electron chi connectivity index (χ0n) is 51.3. The van der Waals surface area contributed by atoms with E-state index >= 15 is 0 Å². The molecule has 20 N–H and O–H groups in total. The van der Waals surface area contributed by atoms with E-state index in [9.17, 15) is 71.9 Å². The van der Waals surface area contributed by atoms with E-state index in [1.807, 2.05) is 0 Å². The second-order valence-corrected chi connectivity index (χ2v) is 23.1. The molecular formula is C55H90N18O15S. The van der Waals surface area contributed by atoms with Crippen molar-refractivity contribution >= 4 is 100 Å². The minimum atomic E-state index is -1.93. The molecule has 2 aliphatic heterocycles. The van der Waals surface area contributed by atoms with Crippen LogP contribution in [0.25, 0.3) is 0 Å². The van der Waals surface area contributed by atoms with Gasteiger partial charge in [-0.05, 0) is 81.8 Å². The molecule has 2 aliphatic rings. The van der Waals surface area contributed by atoms with Gasteiger partial charge in [0.1, 0.15) is 60.4 Å². The Morgan fingerprint density at radius 3 is 1.96 bits per heavy atom. The Hall–Kier alpha value is -8.43. The van der Waals surface area contributed by atoms with Crippen LogP contribution in [0.1, 0.15) is 124 Å². The number of imidazole rings is 1. The molecule has 3 rings (SSSR count). The highest BCUT2D eigenvalue weighted by Gasteiger charge is 2.42. The molecular weight excluding hydrogens is 1180 g/mol. The van der Waals surface area contributed by atoms with Gasteiger partial charge >= 0.3 is 0 Å². The van der Waals surface area contributed by atoms with Crippen molar-refractivity contribution in [3.8, 4) is 0 Å². The zero-order valence-corrected chi connectivity index (χ0v) is 52.1. The Morgan fingerprint density at radius 2 is 1.37 bits per heavy atom. The molecule has 12 atom stereocenters. The molecule has 34 heteroatoms. The summed E-state index contributed by atoms with van der Waals surface area (Å²) in [5, 5.41) is 27.5. The van der Waals surface area contributed by atoms with Crippen molar-refractivity contribution in [2.45, 2.75) is 185 Å². The molecule has 1 unspecified atom stereocenters. The van der Waals surface area contributed by atoms with Gasteiger partial charge in [0.2, 0.25) is 88.6 Å². The minimum absolute atomic E-state index is 0.00860. The highest BCUT2D eigenvalue weighted by molar-refractivity contribution is 7.98. The number of hydrogen-bond acceptors (Lipinski definition) is 18. The number of fused-ring (bicyclic) bond motifs is 1. The molecule has 89 heavy (non-hydrogen) atoms. The lowest BCUT2D eigenvalue weighted by atomic mass is 9.96. The standard InChI is InChI=1S/C55H90N18O15S/c1-7-28(3)44(46(59)79)71-51(84)37-23-42(77)61-25-38(70-49(82)34(18-21-89-6)64-30(5)74)52(85)72-45(29(4)8-2)54(87)67-35(12-9-10-19-56)55(88)73-20-11-13-39(73)53(86)69-36(22-31-24-60-27-63-31)50(83)66-32(14-16-40(57)75)47(80)62-26-43(78)65-33(48(81)68-37)15-17-41(58)76/h24,27-29,32-39,44-45H,7-23,25-26,56H2,1-6H3,(H2,57,75)(H2,58,76)(H2,59,79)(H,60,63)(H,61,77)(H,62,80)(H,64,74)(H,65,78)(H,66,83)(H,67,87)(H,68,81)(H,69,86)(H,70,82)(H,71,84)(H,72,85)/t28-,29-,32-,33-,34-,35-,36-,37-,38-,39-,44-,45?/m0/s1. The van der Waals surface area contributed by atoms with Crippen LogP contribution in [-0.2, 0) is 78.3 Å². The van der Waals surface area contributed by atoms with Crippen molar-refractivity contribution in [2.75, 3.05) is 38.2 Å². The van der Waals surface area contributed by atoms with E-state index in [4.69, 9.17) is 22.9 Å². The van der Waals surface area contributed by atoms with Crippen LogP contribution in [0.2, 0.25) is 0 Å². The van der Waals surface area contributed by atoms with E-state index in [-0.39, 0.29) is 45.2 Å². The number of H-pyrrole nitrogens is 1. The number of thioether (sulfide) groups is 1. The van der Waals surface area contributed by atoms with Crippen LogP contribution in [0.3, 0.4) is 0 Å². The normalized spacial score (nSPS) is 23.8. The molecule has 0 saturated carbocycles. The summed E-state index contributed by atoms with van der Waals surface area (Å²) < 4.78 is 0. The number of nitrogens with one attached hydrogen (secondary N) is 12. The Balaban J connectivity index is 2.29. The van der Waals surface area contributed by atoms with Crippen molar-refractivity contribution in [2.24, 2.45) is 34.8 Å². The lowest BCUT2D eigenvalue weighted by molar-refractivity contribution is -0.143. The number of hydrogen-bond donors (Lipinski definition) is 16. The van der Waals surface area contributed by atoms with E-state index in [0.717, 1.165) is 0 Å². The van der Waals surface area contributed by atoms with Gasteiger partial charge in [0, 0.05) is 51.2 Å². The fourth-order valence-electron chi connectivity index (χ4n) is 9.65. The predicted molar refractivity (Wildman–Crippen MR) is 322 cm³/mol. The first-order chi connectivity index (χ1) is 42.1. The predicted octanol–water partition coefficient (Wildman–Crippen LogP) is -6.05. The number of nitrogens with two attached hydrogens (primary N) is 4. The molecule has 3 heterocycles. The van der Waals surface area contributed by atoms with Crippen LogP contribution in [0.5, 0.6) is 0 Å². The Morgan fingerprint density at radius 1 is 0.730 bits per heavy atom. The highest BCUT2D eigenvalue weighted by Crippen LogP contribution is 2.22. The van der Waals surface area contributed by atoms with Crippen LogP contribution < -0.4 is 81.4 Å². The summed E-state index contributed by atoms with van der Waals surface area (Å²) in [7, 11) is 0. The van der Waals surface area contributed by atoms with Gasteiger partial charge in [0.05, 0.1) is 19.3 Å². The third-order valence-corrected chi connectivity index (χ3v) is 15.8. The topological polar surface area (TPSA) is 524 Å². The first-order valence-electron chi connectivity index (χ1n) is 29.7. The summed E-state index contributed by atoms with van der Waals surface area (Å²) in [6.45, 7) is 6.35. The maximum Gasteiger partial charge on any atom is 0.245 e. The molecule has 1 aromatic rings. The van der Waals surface area contributed by atoms with Crippen molar-refractivity contribution in [1.82, 2.24) is 73.4 Å². The molecule has 0 aromatic carbocycles. The summed E-state index contributed by atoms with van der Waals surface area (Å²) in [5.74, 6) is -15.1. The van der Waals surface area contributed by atoms with Gasteiger partial charge in [0.15, 0.2) is 0 Å². The van der Waals surface area contributed by atoms with Crippen molar-refractivity contribution in [3.05, 3.63) is 18.2 Å². The molecule has 0 spiro atoms. The van der Waals surface area contributed by atoms with Gasteiger partial charge < -0.3 is 91.3 Å². The number of aromatic nitrogens is 2. The van der Waals surface area contributed by atoms with Crippen LogP contribution in [-0.4, -0.2) is 202 Å². The number of aromatic amines is 1. The molecule has 0 aliphatic carbocycles. The Kier molecular flexibility index (Phi) is 32.0. The number of amides is 15. The first-order valence-corrected chi connectivity index (χ1v) is 31.1. The maximum atomic E-state index is 14.8. The van der Waals surface area contributed by atoms with Gasteiger partial charge in [-0.2, -0.15) is 11.8 Å². The van der Waals surface area contributed by atoms with Gasteiger partial charge in [-0.3, -0.25) is 71.9 Å². The van der Waals surface area contributed by atoms with Crippen LogP contribution >= 0.6 is 11.8 Å². The monoisotopic (exact) mass is 1270 g/mol. The van der Waals surface area contributed by atoms with Crippen molar-refractivity contribution < 1.29 is 71.9 Å². The Labute approximate surface area is 520 Å². The minimum Gasteiger partial charge on any atom is -0.370 e. The third-order valence-electron chi connectivity index (χ3n) is 15.2. The van der Waals surface area contributed by atoms with Crippen LogP contribution in [0, 0.1) is 11.8 Å². The smallest absolute Gasteiger partial charge is 0.245 e. The average Bonchev–Trinajstić information content (AvgIpc) is 2.12. The average molecular weight is 1280 g/mol. The van der Waals surface area contributed by atoms with E-state index in [1.54, 1.807) is 34.0 Å². The molecule has 496 valence electrons. The van der Waals surface area contributed by atoms with Gasteiger partial charge in [-0.15, -0.1) is 0 Å². The van der Waals surface area contributed by atoms with E-state index in [1.165, 1.54) is 36.1 Å². The molecule has 15 amide bonds. The summed E-state index contributed by atoms with van der Waals surface area (Å²) in [4.78, 5) is 214. The molecule has 1 aromatic heterocycles. The fraction of sp³-hybridized carbons (Fsp3) is 0.673. The number of unbranched alkanes of at least 4 members (excludes halogenated alkanes) is 1. The summed E-state index contributed by atoms with van der Waals surface area (Å²) in [5.41, 5.74) is 22.7. The SMILES string of the molecule is CC[C@H](C)C1NC(=O)[C@@H](NC(=O)[C@H](CCSC)NC(C)=O)CNC(=O)C[C@@H](C(=O)N[C@H](C(N)=O)[C@@H](C)CC)NC(=O)[C@H](CCC(N)=O)NC(=O)CNC(=O)[C@H](CCC(N)=O)NC(=O)[C@H](Cc2cnc[nH]2)NC(=O)[C@@H]2CCCN2C(=O)[C@H](CCCCN)NC1=O. The van der Waals surface area contributed by atoms with Crippen molar-refractivity contribution in [1.29, 1.82) is 0 Å². The molecule has 2 fully saturated rings. The lowest BCUT2D eigenvalue weighted by Gasteiger charge is -2.32. The van der Waals surface area contributed by atoms with Crippen LogP contribution in [0.4, 0.5) is 0 Å². The second-order valence-electron chi connectivity index (χ2n) is 22.1. The summed E-state index contributed by atoms with van der Waals surface area (Å²) in [6, 6.07) is -15.1. The highest BCUT2D eigenvalue weighted by atomic mass is 32.2. The number of carbonyl (C=O) groups is 15. The largest absolute Gasteiger partial charge is 0.370 e. The Bertz CT molecular complexity index is 2670. The molecule has 2 saturated heterocycles.